The van der Waals surface area contributed by atoms with Gasteiger partial charge in [0.1, 0.15) is 0 Å². The molecule has 2 N–H and O–H groups in total. The molecule has 1 unspecified atom stereocenters. The third-order valence-electron chi connectivity index (χ3n) is 4.42. The van der Waals surface area contributed by atoms with Crippen molar-refractivity contribution in [3.63, 3.8) is 0 Å². The molecule has 0 radical (unpaired) electrons. The van der Waals surface area contributed by atoms with Gasteiger partial charge in [-0.15, -0.1) is 0 Å². The Morgan fingerprint density at radius 2 is 2.00 bits per heavy atom. The number of hydrogen-bond acceptors (Lipinski definition) is 3. The fourth-order valence-electron chi connectivity index (χ4n) is 2.94. The van der Waals surface area contributed by atoms with Gasteiger partial charge >= 0.3 is 0 Å². The third kappa shape index (κ3) is 7.02. The van der Waals surface area contributed by atoms with E-state index in [9.17, 15) is 0 Å². The molecule has 0 saturated carbocycles. The number of nitrogens with zero attached hydrogens (tertiary/aromatic N) is 2. The zero-order valence-electron chi connectivity index (χ0n) is 16.9. The zero-order chi connectivity index (χ0) is 19.5. The molecular formula is C22H32N4O. The van der Waals surface area contributed by atoms with E-state index < -0.39 is 0 Å². The molecule has 0 saturated heterocycles. The lowest BCUT2D eigenvalue weighted by Gasteiger charge is -2.21. The van der Waals surface area contributed by atoms with Crippen LogP contribution < -0.4 is 10.6 Å². The second-order valence-corrected chi connectivity index (χ2v) is 6.79. The van der Waals surface area contributed by atoms with Crippen LogP contribution in [-0.4, -0.2) is 37.2 Å². The van der Waals surface area contributed by atoms with Gasteiger partial charge in [-0.1, -0.05) is 38.1 Å². The van der Waals surface area contributed by atoms with E-state index in [2.05, 4.69) is 58.7 Å². The molecule has 0 aliphatic rings. The van der Waals surface area contributed by atoms with Gasteiger partial charge in [0.15, 0.2) is 5.96 Å². The van der Waals surface area contributed by atoms with E-state index in [1.54, 1.807) is 7.05 Å². The summed E-state index contributed by atoms with van der Waals surface area (Å²) in [4.78, 5) is 8.73. The van der Waals surface area contributed by atoms with Crippen LogP contribution in [-0.2, 0) is 11.3 Å². The van der Waals surface area contributed by atoms with Crippen molar-refractivity contribution in [2.75, 3.05) is 20.2 Å². The van der Waals surface area contributed by atoms with E-state index in [1.807, 2.05) is 31.3 Å². The molecule has 2 rings (SSSR count). The molecule has 0 aliphatic heterocycles. The summed E-state index contributed by atoms with van der Waals surface area (Å²) in [6, 6.07) is 14.4. The van der Waals surface area contributed by atoms with Gasteiger partial charge in [-0.2, -0.15) is 0 Å². The molecule has 0 bridgehead atoms. The van der Waals surface area contributed by atoms with Gasteiger partial charge in [-0.25, -0.2) is 0 Å². The third-order valence-corrected chi connectivity index (χ3v) is 4.42. The molecule has 0 amide bonds. The molecule has 146 valence electrons. The number of rotatable bonds is 9. The molecule has 2 aromatic rings. The average Bonchev–Trinajstić information content (AvgIpc) is 2.70. The molecule has 0 spiro atoms. The maximum atomic E-state index is 5.80. The van der Waals surface area contributed by atoms with Crippen LogP contribution >= 0.6 is 0 Å². The largest absolute Gasteiger partial charge is 0.378 e. The summed E-state index contributed by atoms with van der Waals surface area (Å²) in [6.45, 7) is 8.73. The number of ether oxygens (including phenoxy) is 1. The Bertz CT molecular complexity index is 700. The summed E-state index contributed by atoms with van der Waals surface area (Å²) in [5.41, 5.74) is 3.29. The van der Waals surface area contributed by atoms with Crippen molar-refractivity contribution in [3.8, 4) is 11.3 Å². The van der Waals surface area contributed by atoms with Crippen LogP contribution in [0.3, 0.4) is 0 Å². The Morgan fingerprint density at radius 1 is 1.15 bits per heavy atom. The smallest absolute Gasteiger partial charge is 0.191 e. The Kier molecular flexibility index (Phi) is 8.78. The molecule has 1 aromatic heterocycles. The topological polar surface area (TPSA) is 58.5 Å². The predicted molar refractivity (Wildman–Crippen MR) is 113 cm³/mol. The monoisotopic (exact) mass is 368 g/mol. The van der Waals surface area contributed by atoms with Gasteiger partial charge in [0.25, 0.3) is 0 Å². The van der Waals surface area contributed by atoms with Gasteiger partial charge < -0.3 is 15.4 Å². The van der Waals surface area contributed by atoms with Crippen molar-refractivity contribution < 1.29 is 4.74 Å². The van der Waals surface area contributed by atoms with E-state index in [0.29, 0.717) is 12.5 Å². The van der Waals surface area contributed by atoms with Crippen molar-refractivity contribution in [2.45, 2.75) is 39.8 Å². The van der Waals surface area contributed by atoms with Gasteiger partial charge in [-0.05, 0) is 43.0 Å². The number of aromatic nitrogens is 1. The molecule has 0 fully saturated rings. The quantitative estimate of drug-likeness (QED) is 0.521. The van der Waals surface area contributed by atoms with Crippen LogP contribution in [0.25, 0.3) is 11.3 Å². The molecule has 5 nitrogen and oxygen atoms in total. The molecular weight excluding hydrogens is 336 g/mol. The molecule has 1 heterocycles. The van der Waals surface area contributed by atoms with Crippen molar-refractivity contribution in [3.05, 3.63) is 54.2 Å². The Balaban J connectivity index is 1.85. The number of hydrogen-bond donors (Lipinski definition) is 2. The van der Waals surface area contributed by atoms with Crippen LogP contribution in [0.15, 0.2) is 53.7 Å². The van der Waals surface area contributed by atoms with Crippen LogP contribution in [0.5, 0.6) is 0 Å². The minimum absolute atomic E-state index is 0.274. The molecule has 0 aliphatic carbocycles. The van der Waals surface area contributed by atoms with Crippen LogP contribution in [0.1, 0.15) is 32.8 Å². The van der Waals surface area contributed by atoms with E-state index in [0.717, 1.165) is 36.8 Å². The summed E-state index contributed by atoms with van der Waals surface area (Å²) >= 11 is 0. The predicted octanol–water partition coefficient (Wildman–Crippen LogP) is 3.86. The minimum Gasteiger partial charge on any atom is -0.378 e. The van der Waals surface area contributed by atoms with E-state index in [-0.39, 0.29) is 6.10 Å². The molecule has 5 heteroatoms. The summed E-state index contributed by atoms with van der Waals surface area (Å²) in [6.07, 6.45) is 3.05. The zero-order valence-corrected chi connectivity index (χ0v) is 16.9. The number of benzene rings is 1. The average molecular weight is 369 g/mol. The highest BCUT2D eigenvalue weighted by Crippen LogP contribution is 2.17. The second-order valence-electron chi connectivity index (χ2n) is 6.79. The second kappa shape index (κ2) is 11.3. The first-order valence-electron chi connectivity index (χ1n) is 9.70. The first kappa shape index (κ1) is 20.9. The van der Waals surface area contributed by atoms with Crippen molar-refractivity contribution in [1.29, 1.82) is 0 Å². The SMILES string of the molecule is CCOC(CCNC(=NC)NCc1cccc(-c2ccccn2)c1)C(C)C. The fourth-order valence-corrected chi connectivity index (χ4v) is 2.94. The highest BCUT2D eigenvalue weighted by molar-refractivity contribution is 5.79. The van der Waals surface area contributed by atoms with Crippen LogP contribution in [0, 0.1) is 5.92 Å². The number of aliphatic imine (C=N–C) groups is 1. The lowest BCUT2D eigenvalue weighted by atomic mass is 10.0. The highest BCUT2D eigenvalue weighted by atomic mass is 16.5. The Hall–Kier alpha value is -2.40. The Morgan fingerprint density at radius 3 is 2.67 bits per heavy atom. The lowest BCUT2D eigenvalue weighted by molar-refractivity contribution is 0.0258. The number of pyridine rings is 1. The van der Waals surface area contributed by atoms with Gasteiger partial charge in [-0.3, -0.25) is 9.98 Å². The number of nitrogens with one attached hydrogen (secondary N) is 2. The van der Waals surface area contributed by atoms with E-state index in [4.69, 9.17) is 4.74 Å². The molecule has 1 aromatic carbocycles. The maximum absolute atomic E-state index is 5.80. The van der Waals surface area contributed by atoms with Crippen molar-refractivity contribution >= 4 is 5.96 Å². The van der Waals surface area contributed by atoms with E-state index in [1.165, 1.54) is 5.56 Å². The highest BCUT2D eigenvalue weighted by Gasteiger charge is 2.13. The fraction of sp³-hybridized carbons (Fsp3) is 0.455. The first-order valence-corrected chi connectivity index (χ1v) is 9.70. The lowest BCUT2D eigenvalue weighted by Crippen LogP contribution is -2.38. The molecule has 27 heavy (non-hydrogen) atoms. The summed E-state index contributed by atoms with van der Waals surface area (Å²) in [7, 11) is 1.79. The van der Waals surface area contributed by atoms with E-state index >= 15 is 0 Å². The van der Waals surface area contributed by atoms with Crippen LogP contribution in [0.2, 0.25) is 0 Å². The number of guanidine groups is 1. The van der Waals surface area contributed by atoms with Crippen molar-refractivity contribution in [1.82, 2.24) is 15.6 Å². The summed E-state index contributed by atoms with van der Waals surface area (Å²) in [5.74, 6) is 1.31. The van der Waals surface area contributed by atoms with Crippen LogP contribution in [0.4, 0.5) is 0 Å². The van der Waals surface area contributed by atoms with Gasteiger partial charge in [0, 0.05) is 38.5 Å². The standard InChI is InChI=1S/C22H32N4O/c1-5-27-21(17(2)3)12-14-25-22(23-4)26-16-18-9-8-10-19(15-18)20-11-6-7-13-24-20/h6-11,13,15,17,21H,5,12,14,16H2,1-4H3,(H2,23,25,26). The minimum atomic E-state index is 0.274. The maximum Gasteiger partial charge on any atom is 0.191 e. The van der Waals surface area contributed by atoms with Gasteiger partial charge in [0.05, 0.1) is 11.8 Å². The van der Waals surface area contributed by atoms with Gasteiger partial charge in [0.2, 0.25) is 0 Å². The normalized spacial score (nSPS) is 12.9. The summed E-state index contributed by atoms with van der Waals surface area (Å²) in [5, 5.41) is 6.75. The molecule has 1 atom stereocenters. The summed E-state index contributed by atoms with van der Waals surface area (Å²) < 4.78 is 5.80. The Labute approximate surface area is 163 Å². The van der Waals surface area contributed by atoms with Crippen molar-refractivity contribution in [2.24, 2.45) is 10.9 Å². The first-order chi connectivity index (χ1) is 13.1.